The molecule has 2 aliphatic heterocycles. The molecule has 2 fully saturated rings. The van der Waals surface area contributed by atoms with Crippen LogP contribution in [0, 0.1) is 0 Å². The van der Waals surface area contributed by atoms with Gasteiger partial charge < -0.3 is 9.64 Å². The van der Waals surface area contributed by atoms with Gasteiger partial charge in [-0.25, -0.2) is 4.79 Å². The SMILES string of the molecule is COC[C@@H](C)N1CCC2(CC1)C(=O)N(Cc1cccnc1)C(=O)N2CCc1ccccc1. The van der Waals surface area contributed by atoms with E-state index in [1.54, 1.807) is 19.5 Å². The number of amides is 3. The number of urea groups is 1. The Morgan fingerprint density at radius 1 is 1.06 bits per heavy atom. The minimum Gasteiger partial charge on any atom is -0.383 e. The van der Waals surface area contributed by atoms with Crippen molar-refractivity contribution in [3.63, 3.8) is 0 Å². The van der Waals surface area contributed by atoms with Gasteiger partial charge in [-0.05, 0) is 43.4 Å². The number of aromatic nitrogens is 1. The van der Waals surface area contributed by atoms with Crippen molar-refractivity contribution in [3.8, 4) is 0 Å². The number of ether oxygens (including phenoxy) is 1. The lowest BCUT2D eigenvalue weighted by atomic mass is 9.85. The van der Waals surface area contributed by atoms with Gasteiger partial charge >= 0.3 is 6.03 Å². The Morgan fingerprint density at radius 2 is 1.78 bits per heavy atom. The Labute approximate surface area is 190 Å². The van der Waals surface area contributed by atoms with Gasteiger partial charge in [0.15, 0.2) is 0 Å². The summed E-state index contributed by atoms with van der Waals surface area (Å²) in [6, 6.07) is 14.0. The first kappa shape index (κ1) is 22.4. The number of carbonyl (C=O) groups is 2. The topological polar surface area (TPSA) is 66.0 Å². The van der Waals surface area contributed by atoms with E-state index in [0.717, 1.165) is 25.1 Å². The smallest absolute Gasteiger partial charge is 0.328 e. The molecule has 0 unspecified atom stereocenters. The molecule has 7 nitrogen and oxygen atoms in total. The first-order valence-corrected chi connectivity index (χ1v) is 11.3. The standard InChI is InChI=1S/C25H32N4O3/c1-20(19-32-2)27-15-11-25(12-16-27)23(30)28(18-22-9-6-13-26-17-22)24(31)29(25)14-10-21-7-4-3-5-8-21/h3-9,13,17,20H,10-12,14-16,18-19H2,1-2H3/t20-/m1/s1. The number of hydrogen-bond donors (Lipinski definition) is 0. The Kier molecular flexibility index (Phi) is 6.86. The van der Waals surface area contributed by atoms with Crippen LogP contribution in [-0.4, -0.2) is 76.6 Å². The molecule has 2 aliphatic rings. The highest BCUT2D eigenvalue weighted by molar-refractivity contribution is 6.07. The van der Waals surface area contributed by atoms with Crippen molar-refractivity contribution in [2.24, 2.45) is 0 Å². The lowest BCUT2D eigenvalue weighted by Gasteiger charge is -2.44. The number of imide groups is 1. The van der Waals surface area contributed by atoms with E-state index in [0.29, 0.717) is 26.0 Å². The fourth-order valence-electron chi connectivity index (χ4n) is 4.96. The van der Waals surface area contributed by atoms with Crippen LogP contribution < -0.4 is 0 Å². The molecule has 1 aromatic heterocycles. The van der Waals surface area contributed by atoms with Gasteiger partial charge in [0.05, 0.1) is 13.2 Å². The highest BCUT2D eigenvalue weighted by atomic mass is 16.5. The van der Waals surface area contributed by atoms with Crippen LogP contribution in [0.4, 0.5) is 4.79 Å². The highest BCUT2D eigenvalue weighted by Gasteiger charge is 2.57. The third-order valence-electron chi connectivity index (χ3n) is 6.81. The highest BCUT2D eigenvalue weighted by Crippen LogP contribution is 2.38. The Hall–Kier alpha value is -2.77. The molecule has 3 amide bonds. The van der Waals surface area contributed by atoms with Crippen LogP contribution >= 0.6 is 0 Å². The van der Waals surface area contributed by atoms with E-state index in [4.69, 9.17) is 4.74 Å². The molecule has 32 heavy (non-hydrogen) atoms. The van der Waals surface area contributed by atoms with E-state index < -0.39 is 5.54 Å². The number of likely N-dealkylation sites (tertiary alicyclic amines) is 1. The maximum absolute atomic E-state index is 13.7. The molecule has 0 saturated carbocycles. The summed E-state index contributed by atoms with van der Waals surface area (Å²) in [7, 11) is 1.71. The Bertz CT molecular complexity index is 913. The number of piperidine rings is 1. The van der Waals surface area contributed by atoms with E-state index in [9.17, 15) is 9.59 Å². The number of methoxy groups -OCH3 is 1. The summed E-state index contributed by atoms with van der Waals surface area (Å²) in [5.74, 6) is -0.0709. The molecule has 2 saturated heterocycles. The molecular formula is C25H32N4O3. The monoisotopic (exact) mass is 436 g/mol. The average Bonchev–Trinajstić information content (AvgIpc) is 3.01. The normalized spacial score (nSPS) is 19.7. The number of benzene rings is 1. The number of hydrogen-bond acceptors (Lipinski definition) is 5. The lowest BCUT2D eigenvalue weighted by molar-refractivity contribution is -0.136. The molecule has 0 N–H and O–H groups in total. The summed E-state index contributed by atoms with van der Waals surface area (Å²) in [5.41, 5.74) is 1.26. The predicted octanol–water partition coefficient (Wildman–Crippen LogP) is 2.96. The van der Waals surface area contributed by atoms with Gasteiger partial charge in [-0.2, -0.15) is 0 Å². The van der Waals surface area contributed by atoms with Gasteiger partial charge in [0.1, 0.15) is 5.54 Å². The molecule has 0 aliphatic carbocycles. The zero-order chi connectivity index (χ0) is 22.6. The minimum atomic E-state index is -0.767. The van der Waals surface area contributed by atoms with Crippen LogP contribution in [0.25, 0.3) is 0 Å². The van der Waals surface area contributed by atoms with E-state index in [1.807, 2.05) is 35.2 Å². The van der Waals surface area contributed by atoms with Crippen molar-refractivity contribution < 1.29 is 14.3 Å². The molecule has 3 heterocycles. The van der Waals surface area contributed by atoms with Gasteiger partial charge in [-0.1, -0.05) is 36.4 Å². The van der Waals surface area contributed by atoms with E-state index in [1.165, 1.54) is 10.5 Å². The van der Waals surface area contributed by atoms with Gasteiger partial charge in [-0.3, -0.25) is 19.6 Å². The van der Waals surface area contributed by atoms with Crippen molar-refractivity contribution in [1.82, 2.24) is 19.7 Å². The van der Waals surface area contributed by atoms with Gasteiger partial charge in [0.2, 0.25) is 0 Å². The van der Waals surface area contributed by atoms with E-state index in [-0.39, 0.29) is 24.5 Å². The lowest BCUT2D eigenvalue weighted by Crippen LogP contribution is -2.58. The van der Waals surface area contributed by atoms with Crippen molar-refractivity contribution >= 4 is 11.9 Å². The van der Waals surface area contributed by atoms with Crippen molar-refractivity contribution in [2.75, 3.05) is 33.4 Å². The zero-order valence-electron chi connectivity index (χ0n) is 18.9. The second-order valence-electron chi connectivity index (χ2n) is 8.79. The van der Waals surface area contributed by atoms with Crippen LogP contribution in [0.15, 0.2) is 54.9 Å². The molecule has 4 rings (SSSR count). The number of nitrogens with zero attached hydrogens (tertiary/aromatic N) is 4. The molecular weight excluding hydrogens is 404 g/mol. The predicted molar refractivity (Wildman–Crippen MR) is 122 cm³/mol. The van der Waals surface area contributed by atoms with Crippen LogP contribution in [0.3, 0.4) is 0 Å². The molecule has 7 heteroatoms. The minimum absolute atomic E-state index is 0.0709. The van der Waals surface area contributed by atoms with E-state index in [2.05, 4.69) is 28.9 Å². The fraction of sp³-hybridized carbons (Fsp3) is 0.480. The molecule has 0 radical (unpaired) electrons. The maximum Gasteiger partial charge on any atom is 0.328 e. The second kappa shape index (κ2) is 9.79. The second-order valence-corrected chi connectivity index (χ2v) is 8.79. The van der Waals surface area contributed by atoms with Crippen LogP contribution in [0.5, 0.6) is 0 Å². The summed E-state index contributed by atoms with van der Waals surface area (Å²) < 4.78 is 5.32. The summed E-state index contributed by atoms with van der Waals surface area (Å²) in [5, 5.41) is 0. The van der Waals surface area contributed by atoms with Crippen molar-refractivity contribution in [1.29, 1.82) is 0 Å². The van der Waals surface area contributed by atoms with Crippen molar-refractivity contribution in [2.45, 2.75) is 44.3 Å². The Morgan fingerprint density at radius 3 is 2.44 bits per heavy atom. The van der Waals surface area contributed by atoms with Crippen LogP contribution in [-0.2, 0) is 22.5 Å². The average molecular weight is 437 g/mol. The maximum atomic E-state index is 13.7. The Balaban J connectivity index is 1.56. The van der Waals surface area contributed by atoms with Gasteiger partial charge in [0, 0.05) is 45.2 Å². The third kappa shape index (κ3) is 4.40. The first-order valence-electron chi connectivity index (χ1n) is 11.3. The number of carbonyl (C=O) groups excluding carboxylic acids is 2. The molecule has 1 aromatic carbocycles. The summed E-state index contributed by atoms with van der Waals surface area (Å²) in [4.78, 5) is 37.0. The molecule has 2 aromatic rings. The van der Waals surface area contributed by atoms with Crippen LogP contribution in [0.2, 0.25) is 0 Å². The zero-order valence-corrected chi connectivity index (χ0v) is 18.9. The van der Waals surface area contributed by atoms with E-state index >= 15 is 0 Å². The largest absolute Gasteiger partial charge is 0.383 e. The summed E-state index contributed by atoms with van der Waals surface area (Å²) >= 11 is 0. The molecule has 1 atom stereocenters. The summed E-state index contributed by atoms with van der Waals surface area (Å²) in [6.07, 6.45) is 5.43. The number of pyridine rings is 1. The first-order chi connectivity index (χ1) is 15.5. The van der Waals surface area contributed by atoms with Gasteiger partial charge in [0.25, 0.3) is 5.91 Å². The fourth-order valence-corrected chi connectivity index (χ4v) is 4.96. The van der Waals surface area contributed by atoms with Crippen LogP contribution in [0.1, 0.15) is 30.9 Å². The quantitative estimate of drug-likeness (QED) is 0.596. The summed E-state index contributed by atoms with van der Waals surface area (Å²) in [6.45, 7) is 5.14. The number of rotatable bonds is 8. The van der Waals surface area contributed by atoms with Gasteiger partial charge in [-0.15, -0.1) is 0 Å². The molecule has 1 spiro atoms. The third-order valence-corrected chi connectivity index (χ3v) is 6.81. The molecule has 170 valence electrons. The molecule has 0 bridgehead atoms. The van der Waals surface area contributed by atoms with Crippen molar-refractivity contribution in [3.05, 3.63) is 66.0 Å².